The highest BCUT2D eigenvalue weighted by molar-refractivity contribution is 6.41. The number of nitrogens with zero attached hydrogens (tertiary/aromatic N) is 2. The molecule has 18 heavy (non-hydrogen) atoms. The van der Waals surface area contributed by atoms with E-state index in [9.17, 15) is 9.59 Å². The molecule has 0 aromatic carbocycles. The second-order valence-corrected chi connectivity index (χ2v) is 4.16. The number of hydrogen-bond acceptors (Lipinski definition) is 4. The minimum atomic E-state index is -0.488. The summed E-state index contributed by atoms with van der Waals surface area (Å²) in [5, 5.41) is 0.320. The normalized spacial score (nSPS) is 10.0. The van der Waals surface area contributed by atoms with E-state index < -0.39 is 5.97 Å². The van der Waals surface area contributed by atoms with Crippen LogP contribution in [0.25, 0.3) is 0 Å². The zero-order valence-electron chi connectivity index (χ0n) is 9.94. The molecule has 0 aliphatic rings. The van der Waals surface area contributed by atoms with Gasteiger partial charge in [0, 0.05) is 12.7 Å². The molecule has 1 heterocycles. The maximum Gasteiger partial charge on any atom is 0.325 e. The van der Waals surface area contributed by atoms with Gasteiger partial charge in [0.2, 0.25) is 0 Å². The highest BCUT2D eigenvalue weighted by Crippen LogP contribution is 2.20. The van der Waals surface area contributed by atoms with E-state index >= 15 is 0 Å². The molecule has 0 unspecified atom stereocenters. The first kappa shape index (κ1) is 14.7. The van der Waals surface area contributed by atoms with Crippen LogP contribution in [-0.2, 0) is 9.53 Å². The summed E-state index contributed by atoms with van der Waals surface area (Å²) < 4.78 is 4.52. The predicted octanol–water partition coefficient (Wildman–Crippen LogP) is 2.02. The molecule has 1 rings (SSSR count). The van der Waals surface area contributed by atoms with E-state index in [1.54, 1.807) is 6.92 Å². The third-order valence-corrected chi connectivity index (χ3v) is 2.95. The number of halogens is 2. The molecule has 0 aliphatic carbocycles. The molecule has 0 saturated heterocycles. The monoisotopic (exact) mass is 290 g/mol. The Morgan fingerprint density at radius 2 is 2.11 bits per heavy atom. The fraction of sp³-hybridized carbons (Fsp3) is 0.364. The van der Waals surface area contributed by atoms with Crippen molar-refractivity contribution < 1.29 is 14.3 Å². The summed E-state index contributed by atoms with van der Waals surface area (Å²) in [6, 6.07) is 1.42. The van der Waals surface area contributed by atoms with Crippen molar-refractivity contribution >= 4 is 35.1 Å². The molecule has 1 aromatic rings. The lowest BCUT2D eigenvalue weighted by atomic mass is 10.2. The zero-order valence-corrected chi connectivity index (χ0v) is 11.5. The number of esters is 1. The molecule has 5 nitrogen and oxygen atoms in total. The Bertz CT molecular complexity index is 466. The van der Waals surface area contributed by atoms with Gasteiger partial charge < -0.3 is 9.64 Å². The minimum absolute atomic E-state index is 0.119. The maximum atomic E-state index is 12.1. The van der Waals surface area contributed by atoms with E-state index in [1.165, 1.54) is 24.3 Å². The lowest BCUT2D eigenvalue weighted by Gasteiger charge is -2.19. The molecule has 0 aliphatic heterocycles. The van der Waals surface area contributed by atoms with Crippen LogP contribution >= 0.6 is 23.2 Å². The van der Waals surface area contributed by atoms with Gasteiger partial charge in [0.15, 0.2) is 0 Å². The van der Waals surface area contributed by atoms with Crippen LogP contribution in [0.4, 0.5) is 0 Å². The molecule has 0 fully saturated rings. The van der Waals surface area contributed by atoms with Gasteiger partial charge in [-0.05, 0) is 13.0 Å². The molecule has 1 amide bonds. The lowest BCUT2D eigenvalue weighted by molar-refractivity contribution is -0.141. The zero-order chi connectivity index (χ0) is 13.7. The third-order valence-electron chi connectivity index (χ3n) is 2.26. The summed E-state index contributed by atoms with van der Waals surface area (Å²) in [6.45, 7) is 2.01. The SMILES string of the molecule is CCN(CC(=O)OC)C(=O)c1cnc(Cl)c(Cl)c1. The first-order valence-electron chi connectivity index (χ1n) is 5.16. The van der Waals surface area contributed by atoms with Crippen molar-refractivity contribution in [2.45, 2.75) is 6.92 Å². The van der Waals surface area contributed by atoms with E-state index in [4.69, 9.17) is 23.2 Å². The molecule has 98 valence electrons. The van der Waals surface area contributed by atoms with Crippen LogP contribution in [0.2, 0.25) is 10.2 Å². The molecule has 7 heteroatoms. The van der Waals surface area contributed by atoms with E-state index in [0.29, 0.717) is 6.54 Å². The number of aromatic nitrogens is 1. The standard InChI is InChI=1S/C11H12Cl2N2O3/c1-3-15(6-9(16)18-2)11(17)7-4-8(12)10(13)14-5-7/h4-5H,3,6H2,1-2H3. The third kappa shape index (κ3) is 3.58. The lowest BCUT2D eigenvalue weighted by Crippen LogP contribution is -2.36. The molecule has 0 bridgehead atoms. The number of pyridine rings is 1. The first-order valence-corrected chi connectivity index (χ1v) is 5.92. The summed E-state index contributed by atoms with van der Waals surface area (Å²) in [7, 11) is 1.27. The molecule has 0 N–H and O–H groups in total. The number of amides is 1. The number of rotatable bonds is 4. The van der Waals surface area contributed by atoms with Crippen LogP contribution in [0, 0.1) is 0 Å². The smallest absolute Gasteiger partial charge is 0.325 e. The van der Waals surface area contributed by atoms with Crippen LogP contribution < -0.4 is 0 Å². The van der Waals surface area contributed by atoms with E-state index in [0.717, 1.165) is 0 Å². The highest BCUT2D eigenvalue weighted by atomic mass is 35.5. The fourth-order valence-electron chi connectivity index (χ4n) is 1.27. The van der Waals surface area contributed by atoms with E-state index in [-0.39, 0.29) is 28.2 Å². The predicted molar refractivity (Wildman–Crippen MR) is 67.9 cm³/mol. The Balaban J connectivity index is 2.89. The Morgan fingerprint density at radius 3 is 2.61 bits per heavy atom. The van der Waals surface area contributed by atoms with Gasteiger partial charge in [0.1, 0.15) is 11.7 Å². The van der Waals surface area contributed by atoms with Gasteiger partial charge in [-0.3, -0.25) is 9.59 Å². The minimum Gasteiger partial charge on any atom is -0.468 e. The molecule has 0 atom stereocenters. The quantitative estimate of drug-likeness (QED) is 0.629. The molecular weight excluding hydrogens is 279 g/mol. The Hall–Kier alpha value is -1.33. The number of ether oxygens (including phenoxy) is 1. The highest BCUT2D eigenvalue weighted by Gasteiger charge is 2.18. The Kier molecular flexibility index (Phi) is 5.37. The molecule has 0 spiro atoms. The van der Waals surface area contributed by atoms with Crippen molar-refractivity contribution in [1.82, 2.24) is 9.88 Å². The van der Waals surface area contributed by atoms with Gasteiger partial charge in [-0.1, -0.05) is 23.2 Å². The van der Waals surface area contributed by atoms with Crippen molar-refractivity contribution in [3.63, 3.8) is 0 Å². The number of carbonyl (C=O) groups excluding carboxylic acids is 2. The number of carbonyl (C=O) groups is 2. The number of hydrogen-bond donors (Lipinski definition) is 0. The van der Waals surface area contributed by atoms with Gasteiger partial charge in [0.05, 0.1) is 17.7 Å². The van der Waals surface area contributed by atoms with Crippen molar-refractivity contribution in [3.8, 4) is 0 Å². The van der Waals surface area contributed by atoms with Crippen LogP contribution in [0.5, 0.6) is 0 Å². The van der Waals surface area contributed by atoms with Crippen molar-refractivity contribution in [1.29, 1.82) is 0 Å². The van der Waals surface area contributed by atoms with Gasteiger partial charge in [-0.15, -0.1) is 0 Å². The average Bonchev–Trinajstić information content (AvgIpc) is 2.38. The van der Waals surface area contributed by atoms with Crippen LogP contribution in [0.3, 0.4) is 0 Å². The number of methoxy groups -OCH3 is 1. The summed E-state index contributed by atoms with van der Waals surface area (Å²) in [5.41, 5.74) is 0.273. The van der Waals surface area contributed by atoms with Crippen molar-refractivity contribution in [3.05, 3.63) is 28.0 Å². The second-order valence-electron chi connectivity index (χ2n) is 3.39. The fourth-order valence-corrected chi connectivity index (χ4v) is 1.54. The van der Waals surface area contributed by atoms with Crippen LogP contribution in [0.15, 0.2) is 12.3 Å². The molecule has 0 radical (unpaired) electrons. The van der Waals surface area contributed by atoms with Crippen LogP contribution in [-0.4, -0.2) is 42.0 Å². The second kappa shape index (κ2) is 6.56. The van der Waals surface area contributed by atoms with E-state index in [2.05, 4.69) is 9.72 Å². The molecular formula is C11H12Cl2N2O3. The summed E-state index contributed by atoms with van der Waals surface area (Å²) in [6.07, 6.45) is 1.32. The van der Waals surface area contributed by atoms with Crippen molar-refractivity contribution in [2.24, 2.45) is 0 Å². The van der Waals surface area contributed by atoms with Gasteiger partial charge in [-0.2, -0.15) is 0 Å². The first-order chi connectivity index (χ1) is 8.49. The topological polar surface area (TPSA) is 59.5 Å². The van der Waals surface area contributed by atoms with Crippen molar-refractivity contribution in [2.75, 3.05) is 20.2 Å². The number of likely N-dealkylation sites (N-methyl/N-ethyl adjacent to an activating group) is 1. The van der Waals surface area contributed by atoms with E-state index in [1.807, 2.05) is 0 Å². The Labute approximate surface area is 115 Å². The summed E-state index contributed by atoms with van der Waals surface area (Å²) in [5.74, 6) is -0.841. The van der Waals surface area contributed by atoms with Gasteiger partial charge in [-0.25, -0.2) is 4.98 Å². The summed E-state index contributed by atoms with van der Waals surface area (Å²) >= 11 is 11.4. The molecule has 0 saturated carbocycles. The van der Waals surface area contributed by atoms with Crippen LogP contribution in [0.1, 0.15) is 17.3 Å². The average molecular weight is 291 g/mol. The maximum absolute atomic E-state index is 12.1. The van der Waals surface area contributed by atoms with Gasteiger partial charge >= 0.3 is 5.97 Å². The molecule has 1 aromatic heterocycles. The largest absolute Gasteiger partial charge is 0.468 e. The summed E-state index contributed by atoms with van der Waals surface area (Å²) in [4.78, 5) is 28.3. The van der Waals surface area contributed by atoms with Gasteiger partial charge in [0.25, 0.3) is 5.91 Å². The Morgan fingerprint density at radius 1 is 1.44 bits per heavy atom.